The van der Waals surface area contributed by atoms with Gasteiger partial charge >= 0.3 is 5.97 Å². The molecule has 0 heterocycles. The number of carbonyl (C=O) groups excluding carboxylic acids is 1. The lowest BCUT2D eigenvalue weighted by Gasteiger charge is -2.08. The minimum Gasteiger partial charge on any atom is -0.478 e. The minimum absolute atomic E-state index is 0.00584. The SMILES string of the molecule is CNC(=O)CCNS(=O)(=O)c1ccc(I)c(C(=O)O)c1. The third-order valence-electron chi connectivity index (χ3n) is 2.40. The summed E-state index contributed by atoms with van der Waals surface area (Å²) in [5.74, 6) is -1.49. The normalized spacial score (nSPS) is 11.1. The maximum absolute atomic E-state index is 11.9. The van der Waals surface area contributed by atoms with E-state index in [9.17, 15) is 18.0 Å². The molecule has 0 aromatic heterocycles. The molecule has 1 amide bonds. The van der Waals surface area contributed by atoms with Gasteiger partial charge < -0.3 is 10.4 Å². The number of sulfonamides is 1. The first-order valence-electron chi connectivity index (χ1n) is 5.51. The summed E-state index contributed by atoms with van der Waals surface area (Å²) < 4.78 is 26.6. The van der Waals surface area contributed by atoms with E-state index in [2.05, 4.69) is 10.0 Å². The molecule has 7 nitrogen and oxygen atoms in total. The van der Waals surface area contributed by atoms with Crippen molar-refractivity contribution < 1.29 is 23.1 Å². The van der Waals surface area contributed by atoms with Crippen LogP contribution >= 0.6 is 22.6 Å². The van der Waals surface area contributed by atoms with E-state index in [0.29, 0.717) is 3.57 Å². The molecule has 0 saturated carbocycles. The summed E-state index contributed by atoms with van der Waals surface area (Å²) in [6.45, 7) is -0.0591. The third kappa shape index (κ3) is 4.42. The summed E-state index contributed by atoms with van der Waals surface area (Å²) in [7, 11) is -2.38. The fourth-order valence-electron chi connectivity index (χ4n) is 1.34. The van der Waals surface area contributed by atoms with Gasteiger partial charge in [-0.3, -0.25) is 4.79 Å². The van der Waals surface area contributed by atoms with Crippen LogP contribution in [0.4, 0.5) is 0 Å². The Morgan fingerprint density at radius 1 is 1.35 bits per heavy atom. The van der Waals surface area contributed by atoms with Gasteiger partial charge in [0.2, 0.25) is 15.9 Å². The van der Waals surface area contributed by atoms with Crippen LogP contribution in [0.15, 0.2) is 23.1 Å². The average Bonchev–Trinajstić information content (AvgIpc) is 2.38. The third-order valence-corrected chi connectivity index (χ3v) is 4.80. The molecule has 0 unspecified atom stereocenters. The van der Waals surface area contributed by atoms with Gasteiger partial charge in [-0.25, -0.2) is 17.9 Å². The van der Waals surface area contributed by atoms with Gasteiger partial charge in [-0.15, -0.1) is 0 Å². The zero-order chi connectivity index (χ0) is 15.3. The number of hydrogen-bond acceptors (Lipinski definition) is 4. The molecule has 0 aliphatic heterocycles. The fraction of sp³-hybridized carbons (Fsp3) is 0.273. The van der Waals surface area contributed by atoms with Gasteiger partial charge in [0.1, 0.15) is 0 Å². The van der Waals surface area contributed by atoms with Crippen LogP contribution in [-0.4, -0.2) is 39.0 Å². The lowest BCUT2D eigenvalue weighted by Crippen LogP contribution is -2.29. The van der Waals surface area contributed by atoms with Crippen LogP contribution in [0, 0.1) is 3.57 Å². The lowest BCUT2D eigenvalue weighted by atomic mass is 10.2. The molecule has 0 fully saturated rings. The number of carboxylic acid groups (broad SMARTS) is 1. The molecule has 0 spiro atoms. The fourth-order valence-corrected chi connectivity index (χ4v) is 2.97. The lowest BCUT2D eigenvalue weighted by molar-refractivity contribution is -0.120. The molecule has 1 aromatic carbocycles. The molecule has 3 N–H and O–H groups in total. The van der Waals surface area contributed by atoms with E-state index in [4.69, 9.17) is 5.11 Å². The summed E-state index contributed by atoms with van der Waals surface area (Å²) in [6, 6.07) is 3.82. The van der Waals surface area contributed by atoms with Crippen LogP contribution in [0.1, 0.15) is 16.8 Å². The van der Waals surface area contributed by atoms with Gasteiger partial charge in [0.05, 0.1) is 10.5 Å². The molecular formula is C11H13IN2O5S. The monoisotopic (exact) mass is 412 g/mol. The Bertz CT molecular complexity index is 630. The van der Waals surface area contributed by atoms with Gasteiger partial charge in [-0.1, -0.05) is 0 Å². The Morgan fingerprint density at radius 2 is 2.00 bits per heavy atom. The summed E-state index contributed by atoms with van der Waals surface area (Å²) in [6.07, 6.45) is 0.00584. The van der Waals surface area contributed by atoms with E-state index >= 15 is 0 Å². The van der Waals surface area contributed by atoms with Gasteiger partial charge in [0, 0.05) is 23.6 Å². The highest BCUT2D eigenvalue weighted by Gasteiger charge is 2.18. The van der Waals surface area contributed by atoms with Gasteiger partial charge in [0.25, 0.3) is 0 Å². The second kappa shape index (κ2) is 6.99. The van der Waals surface area contributed by atoms with Gasteiger partial charge in [0.15, 0.2) is 0 Å². The predicted octanol–water partition coefficient (Wildman–Crippen LogP) is 0.404. The minimum atomic E-state index is -3.83. The zero-order valence-electron chi connectivity index (χ0n) is 10.5. The van der Waals surface area contributed by atoms with Crippen molar-refractivity contribution in [2.75, 3.05) is 13.6 Å². The first kappa shape index (κ1) is 16.9. The molecule has 0 saturated heterocycles. The Labute approximate surface area is 129 Å². The number of hydrogen-bond donors (Lipinski definition) is 3. The highest BCUT2D eigenvalue weighted by atomic mass is 127. The van der Waals surface area contributed by atoms with Crippen LogP contribution in [0.5, 0.6) is 0 Å². The van der Waals surface area contributed by atoms with Crippen LogP contribution in [0.2, 0.25) is 0 Å². The van der Waals surface area contributed by atoms with E-state index in [1.807, 2.05) is 22.6 Å². The van der Waals surface area contributed by atoms with E-state index in [0.717, 1.165) is 6.07 Å². The average molecular weight is 412 g/mol. The van der Waals surface area contributed by atoms with Crippen LogP contribution in [0.3, 0.4) is 0 Å². The number of nitrogens with one attached hydrogen (secondary N) is 2. The first-order chi connectivity index (χ1) is 9.27. The maximum atomic E-state index is 11.9. The summed E-state index contributed by atoms with van der Waals surface area (Å²) in [5.41, 5.74) is -0.0835. The second-order valence-electron chi connectivity index (χ2n) is 3.77. The first-order valence-corrected chi connectivity index (χ1v) is 8.07. The molecule has 0 radical (unpaired) electrons. The summed E-state index contributed by atoms with van der Waals surface area (Å²) in [5, 5.41) is 11.3. The van der Waals surface area contributed by atoms with E-state index < -0.39 is 16.0 Å². The molecule has 20 heavy (non-hydrogen) atoms. The van der Waals surface area contributed by atoms with Crippen molar-refractivity contribution in [3.63, 3.8) is 0 Å². The smallest absolute Gasteiger partial charge is 0.336 e. The largest absolute Gasteiger partial charge is 0.478 e. The van der Waals surface area contributed by atoms with E-state index in [-0.39, 0.29) is 29.3 Å². The zero-order valence-corrected chi connectivity index (χ0v) is 13.5. The van der Waals surface area contributed by atoms with Crippen LogP contribution in [0.25, 0.3) is 0 Å². The van der Waals surface area contributed by atoms with Crippen LogP contribution < -0.4 is 10.0 Å². The quantitative estimate of drug-likeness (QED) is 0.586. The van der Waals surface area contributed by atoms with Crippen molar-refractivity contribution in [3.05, 3.63) is 27.3 Å². The maximum Gasteiger partial charge on any atom is 0.336 e. The van der Waals surface area contributed by atoms with Gasteiger partial charge in [-0.05, 0) is 40.8 Å². The standard InChI is InChI=1S/C11H13IN2O5S/c1-13-10(15)4-5-14-20(18,19)7-2-3-9(12)8(6-7)11(16)17/h2-3,6,14H,4-5H2,1H3,(H,13,15)(H,16,17). The number of carboxylic acids is 1. The Hall–Kier alpha value is -1.20. The van der Waals surface area contributed by atoms with Crippen LogP contribution in [-0.2, 0) is 14.8 Å². The number of benzene rings is 1. The van der Waals surface area contributed by atoms with Crippen molar-refractivity contribution in [3.8, 4) is 0 Å². The van der Waals surface area contributed by atoms with Crippen molar-refractivity contribution >= 4 is 44.5 Å². The number of rotatable bonds is 6. The van der Waals surface area contributed by atoms with Crippen molar-refractivity contribution in [1.82, 2.24) is 10.0 Å². The van der Waals surface area contributed by atoms with E-state index in [1.165, 1.54) is 19.2 Å². The molecule has 0 aliphatic rings. The summed E-state index contributed by atoms with van der Waals surface area (Å²) in [4.78, 5) is 21.8. The molecule has 0 aliphatic carbocycles. The molecule has 9 heteroatoms. The molecule has 110 valence electrons. The Morgan fingerprint density at radius 3 is 2.55 bits per heavy atom. The molecule has 0 bridgehead atoms. The predicted molar refractivity (Wildman–Crippen MR) is 80.0 cm³/mol. The highest BCUT2D eigenvalue weighted by molar-refractivity contribution is 14.1. The molecule has 1 rings (SSSR count). The molecular weight excluding hydrogens is 399 g/mol. The highest BCUT2D eigenvalue weighted by Crippen LogP contribution is 2.17. The number of halogens is 1. The molecule has 1 aromatic rings. The second-order valence-corrected chi connectivity index (χ2v) is 6.70. The topological polar surface area (TPSA) is 113 Å². The van der Waals surface area contributed by atoms with Crippen molar-refractivity contribution in [1.29, 1.82) is 0 Å². The Balaban J connectivity index is 2.90. The molecule has 0 atom stereocenters. The number of carbonyl (C=O) groups is 2. The van der Waals surface area contributed by atoms with E-state index in [1.54, 1.807) is 0 Å². The number of aromatic carboxylic acids is 1. The Kier molecular flexibility index (Phi) is 5.89. The number of amides is 1. The van der Waals surface area contributed by atoms with Crippen molar-refractivity contribution in [2.45, 2.75) is 11.3 Å². The van der Waals surface area contributed by atoms with Crippen molar-refractivity contribution in [2.24, 2.45) is 0 Å². The van der Waals surface area contributed by atoms with Gasteiger partial charge in [-0.2, -0.15) is 0 Å². The summed E-state index contributed by atoms with van der Waals surface area (Å²) >= 11 is 1.81.